The first-order chi connectivity index (χ1) is 11.3. The Morgan fingerprint density at radius 3 is 2.67 bits per heavy atom. The van der Waals surface area contributed by atoms with Gasteiger partial charge in [-0.15, -0.1) is 0 Å². The average Bonchev–Trinajstić information content (AvgIpc) is 3.30. The highest BCUT2D eigenvalue weighted by molar-refractivity contribution is 9.10. The lowest BCUT2D eigenvalue weighted by Crippen LogP contribution is -2.14. The van der Waals surface area contributed by atoms with Crippen molar-refractivity contribution < 1.29 is 22.7 Å². The van der Waals surface area contributed by atoms with E-state index in [1.807, 2.05) is 0 Å². The maximum atomic E-state index is 12.7. The van der Waals surface area contributed by atoms with E-state index >= 15 is 0 Å². The van der Waals surface area contributed by atoms with Gasteiger partial charge >= 0.3 is 6.18 Å². The average molecular weight is 401 g/mol. The molecule has 4 nitrogen and oxygen atoms in total. The zero-order valence-electron chi connectivity index (χ0n) is 12.2. The molecule has 126 valence electrons. The van der Waals surface area contributed by atoms with Crippen molar-refractivity contribution in [2.45, 2.75) is 25.1 Å². The highest BCUT2D eigenvalue weighted by Gasteiger charge is 2.32. The standard InChI is InChI=1S/C16H12BrF3N2O2/c17-10-5-9(6-13(7-10)24-12-1-2-12)15(23)22-11-3-4-21-14(8-11)16(18,19)20/h3-8,12H,1-2H2,(H,21,22,23). The molecule has 2 aromatic rings. The Hall–Kier alpha value is -2.09. The van der Waals surface area contributed by atoms with Crippen molar-refractivity contribution in [2.75, 3.05) is 5.32 Å². The van der Waals surface area contributed by atoms with Crippen molar-refractivity contribution in [1.29, 1.82) is 0 Å². The molecule has 1 amide bonds. The molecule has 0 unspecified atom stereocenters. The van der Waals surface area contributed by atoms with E-state index in [9.17, 15) is 18.0 Å². The number of hydrogen-bond acceptors (Lipinski definition) is 3. The number of anilines is 1. The monoisotopic (exact) mass is 400 g/mol. The van der Waals surface area contributed by atoms with Crippen molar-refractivity contribution in [1.82, 2.24) is 4.98 Å². The Kier molecular flexibility index (Phi) is 4.49. The number of halogens is 4. The van der Waals surface area contributed by atoms with E-state index in [1.165, 1.54) is 6.07 Å². The molecule has 0 spiro atoms. The van der Waals surface area contributed by atoms with Crippen LogP contribution in [0.25, 0.3) is 0 Å². The number of carbonyl (C=O) groups excluding carboxylic acids is 1. The predicted octanol–water partition coefficient (Wildman–Crippen LogP) is 4.66. The molecule has 24 heavy (non-hydrogen) atoms. The number of alkyl halides is 3. The summed E-state index contributed by atoms with van der Waals surface area (Å²) in [6.07, 6.45) is -1.44. The molecule has 0 atom stereocenters. The van der Waals surface area contributed by atoms with Gasteiger partial charge in [-0.2, -0.15) is 13.2 Å². The molecule has 0 saturated heterocycles. The minimum Gasteiger partial charge on any atom is -0.490 e. The fourth-order valence-electron chi connectivity index (χ4n) is 2.01. The van der Waals surface area contributed by atoms with Crippen molar-refractivity contribution in [3.8, 4) is 5.75 Å². The molecule has 3 rings (SSSR count). The van der Waals surface area contributed by atoms with Gasteiger partial charge in [-0.05, 0) is 43.2 Å². The Labute approximate surface area is 144 Å². The van der Waals surface area contributed by atoms with Gasteiger partial charge in [0.15, 0.2) is 0 Å². The van der Waals surface area contributed by atoms with Crippen LogP contribution in [0.4, 0.5) is 18.9 Å². The predicted molar refractivity (Wildman–Crippen MR) is 85.0 cm³/mol. The summed E-state index contributed by atoms with van der Waals surface area (Å²) in [5.74, 6) is 0.0130. The minimum atomic E-state index is -4.57. The van der Waals surface area contributed by atoms with Gasteiger partial charge < -0.3 is 10.1 Å². The zero-order valence-corrected chi connectivity index (χ0v) is 13.8. The number of nitrogens with one attached hydrogen (secondary N) is 1. The summed E-state index contributed by atoms with van der Waals surface area (Å²) in [5, 5.41) is 2.44. The zero-order chi connectivity index (χ0) is 17.3. The Balaban J connectivity index is 1.78. The maximum Gasteiger partial charge on any atom is 0.433 e. The van der Waals surface area contributed by atoms with Crippen molar-refractivity contribution >= 4 is 27.5 Å². The number of pyridine rings is 1. The van der Waals surface area contributed by atoms with Crippen LogP contribution in [0.5, 0.6) is 5.75 Å². The summed E-state index contributed by atoms with van der Waals surface area (Å²) in [4.78, 5) is 15.5. The molecule has 1 aromatic heterocycles. The quantitative estimate of drug-likeness (QED) is 0.811. The first-order valence-electron chi connectivity index (χ1n) is 7.13. The molecule has 8 heteroatoms. The van der Waals surface area contributed by atoms with Gasteiger partial charge in [-0.1, -0.05) is 15.9 Å². The third-order valence-electron chi connectivity index (χ3n) is 3.27. The van der Waals surface area contributed by atoms with Crippen LogP contribution in [-0.4, -0.2) is 17.0 Å². The van der Waals surface area contributed by atoms with Crippen LogP contribution in [0, 0.1) is 0 Å². The van der Waals surface area contributed by atoms with Crippen LogP contribution in [0.1, 0.15) is 28.9 Å². The Bertz CT molecular complexity index is 776. The second-order valence-electron chi connectivity index (χ2n) is 5.37. The van der Waals surface area contributed by atoms with E-state index in [0.717, 1.165) is 25.1 Å². The van der Waals surface area contributed by atoms with Gasteiger partial charge in [0, 0.05) is 21.9 Å². The van der Waals surface area contributed by atoms with E-state index in [-0.39, 0.29) is 17.4 Å². The SMILES string of the molecule is O=C(Nc1ccnc(C(F)(F)F)c1)c1cc(Br)cc(OC2CC2)c1. The molecular weight excluding hydrogens is 389 g/mol. The Morgan fingerprint density at radius 1 is 1.25 bits per heavy atom. The van der Waals surface area contributed by atoms with Gasteiger partial charge in [0.05, 0.1) is 6.10 Å². The Morgan fingerprint density at radius 2 is 2.00 bits per heavy atom. The van der Waals surface area contributed by atoms with Crippen molar-refractivity contribution in [3.05, 3.63) is 52.3 Å². The highest BCUT2D eigenvalue weighted by atomic mass is 79.9. The van der Waals surface area contributed by atoms with Gasteiger partial charge in [0.2, 0.25) is 0 Å². The third-order valence-corrected chi connectivity index (χ3v) is 3.73. The summed E-state index contributed by atoms with van der Waals surface area (Å²) in [6.45, 7) is 0. The maximum absolute atomic E-state index is 12.7. The van der Waals surface area contributed by atoms with E-state index in [1.54, 1.807) is 18.2 Å². The second kappa shape index (κ2) is 6.43. The lowest BCUT2D eigenvalue weighted by atomic mass is 10.2. The molecule has 1 aliphatic carbocycles. The molecular formula is C16H12BrF3N2O2. The van der Waals surface area contributed by atoms with Crippen LogP contribution in [0.3, 0.4) is 0 Å². The molecule has 1 saturated carbocycles. The van der Waals surface area contributed by atoms with Crippen LogP contribution >= 0.6 is 15.9 Å². The number of rotatable bonds is 4. The van der Waals surface area contributed by atoms with Crippen molar-refractivity contribution in [2.24, 2.45) is 0 Å². The van der Waals surface area contributed by atoms with Gasteiger partial charge in [0.1, 0.15) is 11.4 Å². The van der Waals surface area contributed by atoms with Gasteiger partial charge in [0.25, 0.3) is 5.91 Å². The van der Waals surface area contributed by atoms with E-state index in [0.29, 0.717) is 10.2 Å². The molecule has 0 bridgehead atoms. The number of aromatic nitrogens is 1. The molecule has 0 radical (unpaired) electrons. The minimum absolute atomic E-state index is 0.0203. The molecule has 1 N–H and O–H groups in total. The van der Waals surface area contributed by atoms with Gasteiger partial charge in [-0.25, -0.2) is 0 Å². The molecule has 1 aromatic carbocycles. The summed E-state index contributed by atoms with van der Waals surface area (Å²) >= 11 is 3.30. The fraction of sp³-hybridized carbons (Fsp3) is 0.250. The number of benzene rings is 1. The number of ether oxygens (including phenoxy) is 1. The number of carbonyl (C=O) groups is 1. The van der Waals surface area contributed by atoms with Crippen LogP contribution in [-0.2, 0) is 6.18 Å². The van der Waals surface area contributed by atoms with Gasteiger partial charge in [-0.3, -0.25) is 9.78 Å². The number of nitrogens with zero attached hydrogens (tertiary/aromatic N) is 1. The lowest BCUT2D eigenvalue weighted by molar-refractivity contribution is -0.141. The second-order valence-corrected chi connectivity index (χ2v) is 6.29. The fourth-order valence-corrected chi connectivity index (χ4v) is 2.48. The van der Waals surface area contributed by atoms with Crippen LogP contribution in [0.2, 0.25) is 0 Å². The smallest absolute Gasteiger partial charge is 0.433 e. The summed E-state index contributed by atoms with van der Waals surface area (Å²) in [7, 11) is 0. The first-order valence-corrected chi connectivity index (χ1v) is 7.92. The molecule has 0 aliphatic heterocycles. The number of amides is 1. The van der Waals surface area contributed by atoms with Crippen molar-refractivity contribution in [3.63, 3.8) is 0 Å². The van der Waals surface area contributed by atoms with E-state index in [4.69, 9.17) is 4.74 Å². The third kappa shape index (κ3) is 4.25. The highest BCUT2D eigenvalue weighted by Crippen LogP contribution is 2.31. The van der Waals surface area contributed by atoms with E-state index < -0.39 is 17.8 Å². The topological polar surface area (TPSA) is 51.2 Å². The van der Waals surface area contributed by atoms with E-state index in [2.05, 4.69) is 26.2 Å². The molecule has 1 heterocycles. The number of hydrogen-bond donors (Lipinski definition) is 1. The first kappa shape index (κ1) is 16.8. The summed E-state index contributed by atoms with van der Waals surface area (Å²) in [6, 6.07) is 6.96. The summed E-state index contributed by atoms with van der Waals surface area (Å²) < 4.78 is 44.3. The lowest BCUT2D eigenvalue weighted by Gasteiger charge is -2.11. The molecule has 1 fully saturated rings. The summed E-state index contributed by atoms with van der Waals surface area (Å²) in [5.41, 5.74) is -0.760. The molecule has 1 aliphatic rings. The van der Waals surface area contributed by atoms with Crippen LogP contribution < -0.4 is 10.1 Å². The van der Waals surface area contributed by atoms with Crippen LogP contribution in [0.15, 0.2) is 41.0 Å². The largest absolute Gasteiger partial charge is 0.490 e. The normalized spacial score (nSPS) is 14.3.